The molecule has 11 nitrogen and oxygen atoms in total. The molecule has 2 N–H and O–H groups in total. The van der Waals surface area contributed by atoms with Crippen LogP contribution in [-0.4, -0.2) is 64.2 Å². The predicted octanol–water partition coefficient (Wildman–Crippen LogP) is 1.51. The van der Waals surface area contributed by atoms with Crippen molar-refractivity contribution in [2.24, 2.45) is 11.8 Å². The molecule has 3 heterocycles. The fourth-order valence-corrected chi connectivity index (χ4v) is 4.70. The van der Waals surface area contributed by atoms with Gasteiger partial charge in [0, 0.05) is 38.4 Å². The summed E-state index contributed by atoms with van der Waals surface area (Å²) in [6.07, 6.45) is 2.05. The lowest BCUT2D eigenvalue weighted by atomic mass is 9.88. The second kappa shape index (κ2) is 9.88. The van der Waals surface area contributed by atoms with E-state index in [0.717, 1.165) is 5.56 Å². The minimum absolute atomic E-state index is 0.147. The number of unbranched alkanes of at least 4 members (excludes halogenated alkanes) is 1. The van der Waals surface area contributed by atoms with Crippen LogP contribution in [0.3, 0.4) is 0 Å². The standard InChI is InChI=1S/C22H27N5O6/c1-23-20(29)27-17-12-26(22(31)32-13-14-7-3-2-4-8-14)11-16(17)15(19(27)28)9-5-6-10-18-24-21(30)33-25-18/h2-4,7-8,15-17H,5-6,9-13H2,1H3,(H,23,29)(H,24,25,30)/t15-,16-,17-/m1/s1. The van der Waals surface area contributed by atoms with Gasteiger partial charge in [-0.3, -0.25) is 19.2 Å². The molecule has 11 heteroatoms. The molecule has 0 aliphatic carbocycles. The monoisotopic (exact) mass is 457 g/mol. The van der Waals surface area contributed by atoms with Crippen LogP contribution in [0.15, 0.2) is 39.6 Å². The number of nitrogens with one attached hydrogen (secondary N) is 2. The first kappa shape index (κ1) is 22.6. The number of hydrogen-bond acceptors (Lipinski definition) is 7. The van der Waals surface area contributed by atoms with Crippen LogP contribution in [-0.2, 0) is 22.6 Å². The maximum Gasteiger partial charge on any atom is 0.438 e. The number of carbonyl (C=O) groups excluding carboxylic acids is 3. The average molecular weight is 457 g/mol. The maximum absolute atomic E-state index is 13.0. The van der Waals surface area contributed by atoms with Gasteiger partial charge in [0.2, 0.25) is 5.91 Å². The number of ether oxygens (including phenoxy) is 1. The fourth-order valence-electron chi connectivity index (χ4n) is 4.70. The van der Waals surface area contributed by atoms with Crippen molar-refractivity contribution >= 4 is 18.0 Å². The van der Waals surface area contributed by atoms with Crippen molar-refractivity contribution in [3.8, 4) is 0 Å². The SMILES string of the molecule is CNC(=O)N1C(=O)[C@H](CCCCc2noc(=O)[nH]2)[C@H]2CN(C(=O)OCc3ccccc3)C[C@H]21. The molecule has 2 saturated heterocycles. The molecule has 4 amide bonds. The highest BCUT2D eigenvalue weighted by Crippen LogP contribution is 2.39. The minimum atomic E-state index is -0.592. The topological polar surface area (TPSA) is 138 Å². The van der Waals surface area contributed by atoms with E-state index in [1.165, 1.54) is 11.9 Å². The number of fused-ring (bicyclic) bond motifs is 1. The summed E-state index contributed by atoms with van der Waals surface area (Å²) in [7, 11) is 1.48. The second-order valence-corrected chi connectivity index (χ2v) is 8.33. The Labute approximate surface area is 190 Å². The van der Waals surface area contributed by atoms with E-state index >= 15 is 0 Å². The smallest absolute Gasteiger partial charge is 0.438 e. The molecule has 0 spiro atoms. The van der Waals surface area contributed by atoms with Gasteiger partial charge >= 0.3 is 17.9 Å². The highest BCUT2D eigenvalue weighted by Gasteiger charge is 2.55. The Balaban J connectivity index is 1.37. The van der Waals surface area contributed by atoms with Crippen molar-refractivity contribution in [3.05, 3.63) is 52.3 Å². The molecule has 1 aromatic carbocycles. The van der Waals surface area contributed by atoms with E-state index in [2.05, 4.69) is 20.0 Å². The first-order valence-corrected chi connectivity index (χ1v) is 11.0. The third-order valence-electron chi connectivity index (χ3n) is 6.30. The minimum Gasteiger partial charge on any atom is -0.445 e. The summed E-state index contributed by atoms with van der Waals surface area (Å²) in [6.45, 7) is 0.782. The normalized spacial score (nSPS) is 21.8. The number of benzene rings is 1. The molecule has 2 aromatic rings. The highest BCUT2D eigenvalue weighted by molar-refractivity contribution is 5.98. The van der Waals surface area contributed by atoms with Crippen molar-refractivity contribution in [2.45, 2.75) is 38.3 Å². The van der Waals surface area contributed by atoms with Crippen molar-refractivity contribution < 1.29 is 23.6 Å². The zero-order valence-electron chi connectivity index (χ0n) is 18.4. The first-order chi connectivity index (χ1) is 16.0. The van der Waals surface area contributed by atoms with Crippen molar-refractivity contribution in [3.63, 3.8) is 0 Å². The summed E-state index contributed by atoms with van der Waals surface area (Å²) in [5, 5.41) is 6.17. The number of likely N-dealkylation sites (tertiary alicyclic amines) is 2. The third kappa shape index (κ3) is 4.91. The summed E-state index contributed by atoms with van der Waals surface area (Å²) >= 11 is 0. The Morgan fingerprint density at radius 2 is 2.00 bits per heavy atom. The van der Waals surface area contributed by atoms with Gasteiger partial charge < -0.3 is 15.0 Å². The van der Waals surface area contributed by atoms with Crippen LogP contribution in [0.25, 0.3) is 0 Å². The van der Waals surface area contributed by atoms with E-state index in [9.17, 15) is 19.2 Å². The van der Waals surface area contributed by atoms with Crippen LogP contribution >= 0.6 is 0 Å². The van der Waals surface area contributed by atoms with E-state index in [4.69, 9.17) is 4.74 Å². The van der Waals surface area contributed by atoms with Gasteiger partial charge in [0.25, 0.3) is 0 Å². The van der Waals surface area contributed by atoms with Gasteiger partial charge in [-0.1, -0.05) is 41.9 Å². The summed E-state index contributed by atoms with van der Waals surface area (Å²) in [4.78, 5) is 54.5. The lowest BCUT2D eigenvalue weighted by molar-refractivity contribution is -0.130. The Hall–Kier alpha value is -3.63. The molecule has 2 aliphatic rings. The first-order valence-electron chi connectivity index (χ1n) is 11.0. The van der Waals surface area contributed by atoms with E-state index in [0.29, 0.717) is 38.1 Å². The number of urea groups is 1. The molecule has 0 bridgehead atoms. The Morgan fingerprint density at radius 3 is 2.70 bits per heavy atom. The van der Waals surface area contributed by atoms with Crippen LogP contribution in [0.5, 0.6) is 0 Å². The van der Waals surface area contributed by atoms with E-state index in [1.807, 2.05) is 30.3 Å². The van der Waals surface area contributed by atoms with E-state index in [1.54, 1.807) is 4.90 Å². The van der Waals surface area contributed by atoms with E-state index < -0.39 is 17.9 Å². The van der Waals surface area contributed by atoms with Crippen LogP contribution in [0.1, 0.15) is 30.7 Å². The number of imide groups is 1. The number of aromatic nitrogens is 2. The molecule has 4 rings (SSSR count). The van der Waals surface area contributed by atoms with Gasteiger partial charge in [-0.05, 0) is 18.4 Å². The molecule has 33 heavy (non-hydrogen) atoms. The number of rotatable bonds is 7. The largest absolute Gasteiger partial charge is 0.445 e. The third-order valence-corrected chi connectivity index (χ3v) is 6.30. The number of aryl methyl sites for hydroxylation is 1. The summed E-state index contributed by atoms with van der Waals surface area (Å²) in [5.74, 6) is -0.848. The van der Waals surface area contributed by atoms with Gasteiger partial charge in [0.05, 0.1) is 6.04 Å². The van der Waals surface area contributed by atoms with Crippen molar-refractivity contribution in [1.29, 1.82) is 0 Å². The van der Waals surface area contributed by atoms with Crippen molar-refractivity contribution in [2.75, 3.05) is 20.1 Å². The van der Waals surface area contributed by atoms with Gasteiger partial charge in [-0.25, -0.2) is 14.4 Å². The molecular formula is C22H27N5O6. The number of nitrogens with zero attached hydrogens (tertiary/aromatic N) is 3. The van der Waals surface area contributed by atoms with Gasteiger partial charge in [0.15, 0.2) is 5.82 Å². The van der Waals surface area contributed by atoms with Crippen molar-refractivity contribution in [1.82, 2.24) is 25.3 Å². The molecule has 0 unspecified atom stereocenters. The number of H-pyrrole nitrogens is 1. The van der Waals surface area contributed by atoms with Gasteiger partial charge in [-0.15, -0.1) is 0 Å². The van der Waals surface area contributed by atoms with Crippen LogP contribution in [0.4, 0.5) is 9.59 Å². The molecule has 176 valence electrons. The maximum atomic E-state index is 13.0. The number of aromatic amines is 1. The zero-order chi connectivity index (χ0) is 23.4. The Morgan fingerprint density at radius 1 is 1.21 bits per heavy atom. The van der Waals surface area contributed by atoms with E-state index in [-0.39, 0.29) is 36.9 Å². The molecule has 1 aromatic heterocycles. The predicted molar refractivity (Wildman–Crippen MR) is 115 cm³/mol. The number of carbonyl (C=O) groups is 3. The lowest BCUT2D eigenvalue weighted by Crippen LogP contribution is -2.47. The van der Waals surface area contributed by atoms with Gasteiger partial charge in [0.1, 0.15) is 6.61 Å². The Bertz CT molecular complexity index is 1050. The number of amides is 4. The molecule has 2 aliphatic heterocycles. The van der Waals surface area contributed by atoms with Crippen LogP contribution < -0.4 is 11.1 Å². The second-order valence-electron chi connectivity index (χ2n) is 8.33. The van der Waals surface area contributed by atoms with Gasteiger partial charge in [-0.2, -0.15) is 0 Å². The molecule has 3 atom stereocenters. The lowest BCUT2D eigenvalue weighted by Gasteiger charge is -2.23. The fraction of sp³-hybridized carbons (Fsp3) is 0.500. The van der Waals surface area contributed by atoms with Crippen LogP contribution in [0.2, 0.25) is 0 Å². The quantitative estimate of drug-likeness (QED) is 0.601. The molecule has 0 radical (unpaired) electrons. The highest BCUT2D eigenvalue weighted by atomic mass is 16.6. The molecule has 0 saturated carbocycles. The molecule has 2 fully saturated rings. The van der Waals surface area contributed by atoms with Crippen LogP contribution in [0, 0.1) is 11.8 Å². The number of hydrogen-bond donors (Lipinski definition) is 2. The summed E-state index contributed by atoms with van der Waals surface area (Å²) in [5.41, 5.74) is 0.888. The average Bonchev–Trinajstić information content (AvgIpc) is 3.50. The Kier molecular flexibility index (Phi) is 6.76. The summed E-state index contributed by atoms with van der Waals surface area (Å²) in [6, 6.07) is 8.56. The summed E-state index contributed by atoms with van der Waals surface area (Å²) < 4.78 is 9.94. The molecular weight excluding hydrogens is 430 g/mol. The zero-order valence-corrected chi connectivity index (χ0v) is 18.4.